The van der Waals surface area contributed by atoms with Gasteiger partial charge in [0.15, 0.2) is 0 Å². The average Bonchev–Trinajstić information content (AvgIpc) is 3.01. The fourth-order valence-corrected chi connectivity index (χ4v) is 6.44. The first kappa shape index (κ1) is 40.3. The number of benzene rings is 2. The lowest BCUT2D eigenvalue weighted by molar-refractivity contribution is -0.130. The molecule has 0 aliphatic carbocycles. The van der Waals surface area contributed by atoms with Crippen LogP contribution in [0.5, 0.6) is 0 Å². The molecule has 0 unspecified atom stereocenters. The summed E-state index contributed by atoms with van der Waals surface area (Å²) < 4.78 is 33.9. The fourth-order valence-electron chi connectivity index (χ4n) is 4.82. The summed E-state index contributed by atoms with van der Waals surface area (Å²) in [5.74, 6) is -1.58. The number of alkyl carbamates (subject to hydrolysis) is 1. The second-order valence-electron chi connectivity index (χ2n) is 13.3. The molecule has 0 saturated carbocycles. The number of aliphatic hydroxyl groups is 1. The zero-order chi connectivity index (χ0) is 36.1. The van der Waals surface area contributed by atoms with Crippen LogP contribution >= 0.6 is 0 Å². The van der Waals surface area contributed by atoms with Gasteiger partial charge in [0.25, 0.3) is 0 Å². The molecule has 4 atom stereocenters. The molecule has 0 fully saturated rings. The maximum atomic E-state index is 13.8. The maximum absolute atomic E-state index is 13.8. The van der Waals surface area contributed by atoms with E-state index in [1.807, 2.05) is 51.1 Å². The molecular formula is C34H51N5O8S. The van der Waals surface area contributed by atoms with Gasteiger partial charge in [0.1, 0.15) is 24.7 Å². The predicted octanol–water partition coefficient (Wildman–Crippen LogP) is 3.74. The van der Waals surface area contributed by atoms with Gasteiger partial charge < -0.3 is 25.8 Å². The molecule has 0 aliphatic rings. The van der Waals surface area contributed by atoms with Crippen LogP contribution in [-0.4, -0.2) is 79.2 Å². The second kappa shape index (κ2) is 18.6. The van der Waals surface area contributed by atoms with Crippen LogP contribution in [-0.2, 0) is 37.3 Å². The molecule has 48 heavy (non-hydrogen) atoms. The number of nitrogens with one attached hydrogen (secondary N) is 3. The van der Waals surface area contributed by atoms with Crippen LogP contribution < -0.4 is 16.0 Å². The number of hydrogen-bond donors (Lipinski definition) is 4. The maximum Gasteiger partial charge on any atom is 0.408 e. The average molecular weight is 690 g/mol. The predicted molar refractivity (Wildman–Crippen MR) is 183 cm³/mol. The topological polar surface area (TPSA) is 184 Å². The molecule has 0 saturated heterocycles. The van der Waals surface area contributed by atoms with E-state index in [0.29, 0.717) is 12.0 Å². The Hall–Kier alpha value is -3.88. The summed E-state index contributed by atoms with van der Waals surface area (Å²) in [6.45, 7) is 11.7. The van der Waals surface area contributed by atoms with E-state index in [2.05, 4.69) is 21.1 Å². The molecular weight excluding hydrogens is 638 g/mol. The zero-order valence-electron chi connectivity index (χ0n) is 28.9. The molecule has 0 bridgehead atoms. The molecule has 0 spiro atoms. The number of carbonyl (C=O) groups is 3. The SMILES string of the molecule is CC[C@H](C)[C@H](NC(=O)CNC(=O)OC(C)(C)C)C(=O)N[C@@H](Cc1ccccc1)[C@H](O)CN(CC(C)C)S(=O)(=O)c1ccc(CN=O)cc1. The highest BCUT2D eigenvalue weighted by Crippen LogP contribution is 2.20. The Morgan fingerprint density at radius 2 is 1.56 bits per heavy atom. The third kappa shape index (κ3) is 13.3. The highest BCUT2D eigenvalue weighted by Gasteiger charge is 2.34. The van der Waals surface area contributed by atoms with Gasteiger partial charge in [-0.3, -0.25) is 9.59 Å². The summed E-state index contributed by atoms with van der Waals surface area (Å²) in [5, 5.41) is 22.4. The van der Waals surface area contributed by atoms with E-state index in [4.69, 9.17) is 4.74 Å². The number of hydrogen-bond acceptors (Lipinski definition) is 9. The number of sulfonamides is 1. The molecule has 3 amide bonds. The van der Waals surface area contributed by atoms with Crippen LogP contribution in [0, 0.1) is 16.7 Å². The minimum atomic E-state index is -4.08. The summed E-state index contributed by atoms with van der Waals surface area (Å²) >= 11 is 0. The van der Waals surface area contributed by atoms with Gasteiger partial charge in [-0.15, -0.1) is 0 Å². The first-order chi connectivity index (χ1) is 22.5. The summed E-state index contributed by atoms with van der Waals surface area (Å²) in [4.78, 5) is 49.3. The number of aliphatic hydroxyl groups excluding tert-OH is 1. The van der Waals surface area contributed by atoms with Crippen LogP contribution in [0.25, 0.3) is 0 Å². The Bertz CT molecular complexity index is 1450. The van der Waals surface area contributed by atoms with E-state index in [1.165, 1.54) is 28.6 Å². The number of carbonyl (C=O) groups excluding carboxylic acids is 3. The molecule has 266 valence electrons. The number of rotatable bonds is 18. The molecule has 2 aromatic rings. The number of nitrogens with zero attached hydrogens (tertiary/aromatic N) is 2. The smallest absolute Gasteiger partial charge is 0.408 e. The lowest BCUT2D eigenvalue weighted by Gasteiger charge is -2.32. The van der Waals surface area contributed by atoms with Gasteiger partial charge in [-0.1, -0.05) is 81.8 Å². The van der Waals surface area contributed by atoms with Crippen LogP contribution in [0.1, 0.15) is 66.0 Å². The minimum absolute atomic E-state index is 0.00631. The number of ether oxygens (including phenoxy) is 1. The van der Waals surface area contributed by atoms with Gasteiger partial charge in [-0.05, 0) is 62.3 Å². The van der Waals surface area contributed by atoms with Crippen molar-refractivity contribution in [1.29, 1.82) is 0 Å². The molecule has 0 radical (unpaired) electrons. The molecule has 0 aliphatic heterocycles. The Labute approximate surface area is 284 Å². The van der Waals surface area contributed by atoms with Crippen molar-refractivity contribution < 1.29 is 32.6 Å². The fraction of sp³-hybridized carbons (Fsp3) is 0.559. The Morgan fingerprint density at radius 3 is 2.10 bits per heavy atom. The first-order valence-corrected chi connectivity index (χ1v) is 17.6. The molecule has 4 N–H and O–H groups in total. The minimum Gasteiger partial charge on any atom is -0.444 e. The van der Waals surface area contributed by atoms with E-state index >= 15 is 0 Å². The van der Waals surface area contributed by atoms with Crippen molar-refractivity contribution in [3.8, 4) is 0 Å². The van der Waals surface area contributed by atoms with Crippen LogP contribution in [0.3, 0.4) is 0 Å². The van der Waals surface area contributed by atoms with Crippen molar-refractivity contribution >= 4 is 27.9 Å². The van der Waals surface area contributed by atoms with Crippen LogP contribution in [0.2, 0.25) is 0 Å². The molecule has 2 aromatic carbocycles. The third-order valence-corrected chi connectivity index (χ3v) is 9.31. The third-order valence-electron chi connectivity index (χ3n) is 7.46. The molecule has 13 nitrogen and oxygen atoms in total. The lowest BCUT2D eigenvalue weighted by atomic mass is 9.96. The first-order valence-electron chi connectivity index (χ1n) is 16.1. The van der Waals surface area contributed by atoms with Crippen molar-refractivity contribution in [2.45, 2.75) is 96.5 Å². The Balaban J connectivity index is 2.33. The van der Waals surface area contributed by atoms with Gasteiger partial charge in [-0.2, -0.15) is 9.21 Å². The Morgan fingerprint density at radius 1 is 0.938 bits per heavy atom. The zero-order valence-corrected chi connectivity index (χ0v) is 29.7. The van der Waals surface area contributed by atoms with Crippen molar-refractivity contribution in [2.75, 3.05) is 19.6 Å². The van der Waals surface area contributed by atoms with E-state index in [1.54, 1.807) is 27.7 Å². The normalized spacial score (nSPS) is 14.5. The van der Waals surface area contributed by atoms with Crippen molar-refractivity contribution in [1.82, 2.24) is 20.3 Å². The summed E-state index contributed by atoms with van der Waals surface area (Å²) in [6, 6.07) is 13.0. The lowest BCUT2D eigenvalue weighted by Crippen LogP contribution is -2.58. The van der Waals surface area contributed by atoms with E-state index in [-0.39, 0.29) is 42.8 Å². The van der Waals surface area contributed by atoms with Crippen LogP contribution in [0.4, 0.5) is 4.79 Å². The van der Waals surface area contributed by atoms with E-state index < -0.39 is 58.3 Å². The van der Waals surface area contributed by atoms with Gasteiger partial charge >= 0.3 is 6.09 Å². The van der Waals surface area contributed by atoms with Gasteiger partial charge in [0, 0.05) is 13.1 Å². The summed E-state index contributed by atoms with van der Waals surface area (Å²) in [7, 11) is -4.08. The van der Waals surface area contributed by atoms with E-state index in [9.17, 15) is 32.8 Å². The number of nitroso groups, excluding NO2 is 1. The molecule has 0 aromatic heterocycles. The largest absolute Gasteiger partial charge is 0.444 e. The Kier molecular flexibility index (Phi) is 15.6. The van der Waals surface area contributed by atoms with Crippen molar-refractivity contribution in [3.05, 3.63) is 70.6 Å². The standard InChI is InChI=1S/C34H51N5O8S/c1-8-24(4)31(38-30(41)20-35-33(43)47-34(5,6)7)32(42)37-28(18-25-12-10-9-11-13-25)29(40)22-39(21-23(2)3)48(45,46)27-16-14-26(15-17-27)19-36-44/h9-17,23-24,28-29,31,40H,8,18-22H2,1-7H3,(H,35,43)(H,37,42)(H,38,41)/t24-,28-,29+,31-/m0/s1. The monoisotopic (exact) mass is 689 g/mol. The quantitative estimate of drug-likeness (QED) is 0.171. The van der Waals surface area contributed by atoms with Crippen molar-refractivity contribution in [3.63, 3.8) is 0 Å². The molecule has 0 heterocycles. The van der Waals surface area contributed by atoms with Gasteiger partial charge in [0.05, 0.1) is 17.0 Å². The summed E-state index contributed by atoms with van der Waals surface area (Å²) in [6.07, 6.45) is -1.41. The van der Waals surface area contributed by atoms with Crippen LogP contribution in [0.15, 0.2) is 64.7 Å². The summed E-state index contributed by atoms with van der Waals surface area (Å²) in [5.41, 5.74) is 0.608. The number of amides is 3. The van der Waals surface area contributed by atoms with Crippen molar-refractivity contribution in [2.24, 2.45) is 17.0 Å². The molecule has 14 heteroatoms. The highest BCUT2D eigenvalue weighted by molar-refractivity contribution is 7.89. The molecule has 2 rings (SSSR count). The van der Waals surface area contributed by atoms with Gasteiger partial charge in [0.2, 0.25) is 21.8 Å². The highest BCUT2D eigenvalue weighted by atomic mass is 32.2. The van der Waals surface area contributed by atoms with E-state index in [0.717, 1.165) is 5.56 Å². The second-order valence-corrected chi connectivity index (χ2v) is 15.2. The van der Waals surface area contributed by atoms with Gasteiger partial charge in [-0.25, -0.2) is 13.2 Å².